The molecule has 2 aliphatic rings. The monoisotopic (exact) mass is 369 g/mol. The number of nitrogens with zero attached hydrogens (tertiary/aromatic N) is 3. The van der Waals surface area contributed by atoms with Gasteiger partial charge in [0, 0.05) is 31.3 Å². The smallest absolute Gasteiger partial charge is 0.410 e. The van der Waals surface area contributed by atoms with Gasteiger partial charge >= 0.3 is 6.09 Å². The summed E-state index contributed by atoms with van der Waals surface area (Å²) in [6.07, 6.45) is 5.89. The first-order valence-corrected chi connectivity index (χ1v) is 9.67. The van der Waals surface area contributed by atoms with Gasteiger partial charge in [-0.1, -0.05) is 0 Å². The van der Waals surface area contributed by atoms with Gasteiger partial charge in [-0.3, -0.25) is 4.98 Å². The van der Waals surface area contributed by atoms with Gasteiger partial charge in [0.2, 0.25) is 0 Å². The number of carbonyl (C=O) groups excluding carboxylic acids is 1. The van der Waals surface area contributed by atoms with Crippen molar-refractivity contribution in [1.82, 2.24) is 14.9 Å². The molecule has 6 nitrogen and oxygen atoms in total. The van der Waals surface area contributed by atoms with Crippen molar-refractivity contribution in [2.45, 2.75) is 58.0 Å². The topological polar surface area (TPSA) is 75.5 Å². The number of likely N-dealkylation sites (tertiary alicyclic amines) is 1. The molecular formula is C21H27N3O3. The lowest BCUT2D eigenvalue weighted by atomic mass is 9.57. The van der Waals surface area contributed by atoms with E-state index >= 15 is 0 Å². The van der Waals surface area contributed by atoms with Crippen LogP contribution in [-0.4, -0.2) is 44.8 Å². The van der Waals surface area contributed by atoms with Crippen molar-refractivity contribution in [2.75, 3.05) is 13.1 Å². The highest BCUT2D eigenvalue weighted by atomic mass is 16.6. The van der Waals surface area contributed by atoms with E-state index in [-0.39, 0.29) is 11.8 Å². The summed E-state index contributed by atoms with van der Waals surface area (Å²) in [6.45, 7) is 7.23. The van der Waals surface area contributed by atoms with Gasteiger partial charge in [-0.05, 0) is 64.0 Å². The molecule has 1 spiro atoms. The van der Waals surface area contributed by atoms with Crippen LogP contribution in [0.4, 0.5) is 4.79 Å². The number of aromatic hydroxyl groups is 1. The molecule has 1 amide bonds. The summed E-state index contributed by atoms with van der Waals surface area (Å²) in [7, 11) is 0. The first kappa shape index (κ1) is 18.0. The van der Waals surface area contributed by atoms with Crippen LogP contribution in [0.25, 0.3) is 11.0 Å². The highest BCUT2D eigenvalue weighted by molar-refractivity contribution is 5.75. The fraction of sp³-hybridized carbons (Fsp3) is 0.571. The molecule has 1 aromatic carbocycles. The number of rotatable bonds is 1. The highest BCUT2D eigenvalue weighted by Gasteiger charge is 2.47. The van der Waals surface area contributed by atoms with Crippen LogP contribution in [0.3, 0.4) is 0 Å². The van der Waals surface area contributed by atoms with Crippen LogP contribution in [0, 0.1) is 5.41 Å². The standard InChI is InChI=1S/C21H27N3O3/c1-20(2,3)27-19(26)24-8-6-21(7-9-24)11-14(12-21)18-13-22-16-5-4-15(25)10-17(16)23-18/h4-5,10,13-14,25H,6-9,11-12H2,1-3H3. The lowest BCUT2D eigenvalue weighted by Crippen LogP contribution is -2.49. The van der Waals surface area contributed by atoms with Gasteiger partial charge in [0.05, 0.1) is 16.7 Å². The molecular weight excluding hydrogens is 342 g/mol. The molecule has 4 rings (SSSR count). The van der Waals surface area contributed by atoms with E-state index in [1.807, 2.05) is 31.9 Å². The number of ether oxygens (including phenoxy) is 1. The van der Waals surface area contributed by atoms with Gasteiger partial charge in [0.15, 0.2) is 0 Å². The van der Waals surface area contributed by atoms with E-state index in [2.05, 4.69) is 4.98 Å². The predicted molar refractivity (Wildman–Crippen MR) is 103 cm³/mol. The largest absolute Gasteiger partial charge is 0.508 e. The van der Waals surface area contributed by atoms with Gasteiger partial charge in [0.1, 0.15) is 11.4 Å². The third kappa shape index (κ3) is 3.70. The Balaban J connectivity index is 1.36. The fourth-order valence-corrected chi connectivity index (χ4v) is 4.30. The van der Waals surface area contributed by atoms with Crippen LogP contribution in [0.1, 0.15) is 58.1 Å². The molecule has 1 aromatic heterocycles. The zero-order valence-electron chi connectivity index (χ0n) is 16.2. The molecule has 2 fully saturated rings. The normalized spacial score (nSPS) is 19.9. The third-order valence-electron chi connectivity index (χ3n) is 5.80. The zero-order valence-corrected chi connectivity index (χ0v) is 16.2. The van der Waals surface area contributed by atoms with E-state index in [0.29, 0.717) is 11.3 Å². The highest BCUT2D eigenvalue weighted by Crippen LogP contribution is 2.56. The molecule has 0 bridgehead atoms. The van der Waals surface area contributed by atoms with Crippen molar-refractivity contribution in [2.24, 2.45) is 5.41 Å². The minimum Gasteiger partial charge on any atom is -0.508 e. The second-order valence-corrected chi connectivity index (χ2v) is 9.04. The number of phenols is 1. The van der Waals surface area contributed by atoms with Crippen LogP contribution >= 0.6 is 0 Å². The maximum atomic E-state index is 12.2. The second kappa shape index (κ2) is 6.36. The maximum Gasteiger partial charge on any atom is 0.410 e. The summed E-state index contributed by atoms with van der Waals surface area (Å²) in [5, 5.41) is 9.66. The number of phenolic OH excluding ortho intramolecular Hbond substituents is 1. The van der Waals surface area contributed by atoms with Crippen molar-refractivity contribution in [3.63, 3.8) is 0 Å². The van der Waals surface area contributed by atoms with Gasteiger partial charge in [-0.25, -0.2) is 9.78 Å². The van der Waals surface area contributed by atoms with Gasteiger partial charge in [-0.2, -0.15) is 0 Å². The van der Waals surface area contributed by atoms with E-state index in [4.69, 9.17) is 9.72 Å². The average molecular weight is 369 g/mol. The lowest BCUT2D eigenvalue weighted by molar-refractivity contribution is -0.0126. The molecule has 0 radical (unpaired) electrons. The van der Waals surface area contributed by atoms with Crippen LogP contribution < -0.4 is 0 Å². The molecule has 0 atom stereocenters. The molecule has 2 aromatic rings. The van der Waals surface area contributed by atoms with Crippen molar-refractivity contribution in [3.8, 4) is 5.75 Å². The predicted octanol–water partition coefficient (Wildman–Crippen LogP) is 4.23. The first-order valence-electron chi connectivity index (χ1n) is 9.67. The second-order valence-electron chi connectivity index (χ2n) is 9.04. The van der Waals surface area contributed by atoms with Crippen molar-refractivity contribution in [1.29, 1.82) is 0 Å². The fourth-order valence-electron chi connectivity index (χ4n) is 4.30. The van der Waals surface area contributed by atoms with Crippen LogP contribution in [-0.2, 0) is 4.74 Å². The number of carbonyl (C=O) groups is 1. The number of hydrogen-bond acceptors (Lipinski definition) is 5. The molecule has 1 aliphatic carbocycles. The molecule has 27 heavy (non-hydrogen) atoms. The molecule has 1 saturated heterocycles. The SMILES string of the molecule is CC(C)(C)OC(=O)N1CCC2(CC1)CC(c1cnc3ccc(O)cc3n1)C2. The number of fused-ring (bicyclic) bond motifs is 1. The van der Waals surface area contributed by atoms with Gasteiger partial charge in [0.25, 0.3) is 0 Å². The van der Waals surface area contributed by atoms with E-state index in [0.717, 1.165) is 55.5 Å². The Morgan fingerprint density at radius 3 is 2.59 bits per heavy atom. The number of piperidine rings is 1. The van der Waals surface area contributed by atoms with Gasteiger partial charge in [-0.15, -0.1) is 0 Å². The van der Waals surface area contributed by atoms with E-state index in [1.54, 1.807) is 18.2 Å². The maximum absolute atomic E-state index is 12.2. The summed E-state index contributed by atoms with van der Waals surface area (Å²) in [4.78, 5) is 23.3. The third-order valence-corrected chi connectivity index (χ3v) is 5.80. The first-order chi connectivity index (χ1) is 12.7. The van der Waals surface area contributed by atoms with E-state index in [9.17, 15) is 9.90 Å². The Kier molecular flexibility index (Phi) is 4.24. The Labute approximate surface area is 159 Å². The number of benzene rings is 1. The van der Waals surface area contributed by atoms with Crippen LogP contribution in [0.15, 0.2) is 24.4 Å². The molecule has 0 unspecified atom stereocenters. The number of hydrogen-bond donors (Lipinski definition) is 1. The molecule has 6 heteroatoms. The van der Waals surface area contributed by atoms with Crippen molar-refractivity contribution >= 4 is 17.1 Å². The van der Waals surface area contributed by atoms with Crippen molar-refractivity contribution in [3.05, 3.63) is 30.1 Å². The number of amides is 1. The molecule has 1 saturated carbocycles. The quantitative estimate of drug-likeness (QED) is 0.814. The van der Waals surface area contributed by atoms with Crippen molar-refractivity contribution < 1.29 is 14.6 Å². The minimum atomic E-state index is -0.447. The van der Waals surface area contributed by atoms with Crippen LogP contribution in [0.2, 0.25) is 0 Å². The summed E-state index contributed by atoms with van der Waals surface area (Å²) in [6, 6.07) is 5.09. The summed E-state index contributed by atoms with van der Waals surface area (Å²) < 4.78 is 5.49. The summed E-state index contributed by atoms with van der Waals surface area (Å²) >= 11 is 0. The van der Waals surface area contributed by atoms with E-state index in [1.165, 1.54) is 0 Å². The Morgan fingerprint density at radius 2 is 1.93 bits per heavy atom. The lowest BCUT2D eigenvalue weighted by Gasteiger charge is -2.52. The Morgan fingerprint density at radius 1 is 1.22 bits per heavy atom. The molecule has 144 valence electrons. The molecule has 1 aliphatic heterocycles. The Hall–Kier alpha value is -2.37. The van der Waals surface area contributed by atoms with Crippen LogP contribution in [0.5, 0.6) is 5.75 Å². The number of aromatic nitrogens is 2. The summed E-state index contributed by atoms with van der Waals surface area (Å²) in [5.74, 6) is 0.630. The summed E-state index contributed by atoms with van der Waals surface area (Å²) in [5.41, 5.74) is 2.42. The average Bonchev–Trinajstić information content (AvgIpc) is 2.57. The zero-order chi connectivity index (χ0) is 19.2. The minimum absolute atomic E-state index is 0.201. The molecule has 2 heterocycles. The molecule has 1 N–H and O–H groups in total. The van der Waals surface area contributed by atoms with Gasteiger partial charge < -0.3 is 14.7 Å². The van der Waals surface area contributed by atoms with E-state index < -0.39 is 5.60 Å². The Bertz CT molecular complexity index is 859.